The van der Waals surface area contributed by atoms with Crippen molar-refractivity contribution < 1.29 is 27.5 Å². The van der Waals surface area contributed by atoms with Crippen LogP contribution in [0.5, 0.6) is 5.75 Å². The lowest BCUT2D eigenvalue weighted by atomic mass is 10.2. The first-order chi connectivity index (χ1) is 15.8. The van der Waals surface area contributed by atoms with Crippen LogP contribution < -0.4 is 14.8 Å². The number of sulfonamides is 1. The Kier molecular flexibility index (Phi) is 7.81. The molecule has 2 N–H and O–H groups in total. The van der Waals surface area contributed by atoms with Gasteiger partial charge in [0.05, 0.1) is 23.3 Å². The standard InChI is InChI=1S/C24H24N2O6S/c1-17-11-12-22(31-2)21(13-17)26-23(27)16-32-24(28)19-9-6-10-20(14-19)33(29,30)25-15-18-7-4-3-5-8-18/h3-14,25H,15-16H2,1-2H3,(H,26,27). The van der Waals surface area contributed by atoms with Crippen LogP contribution in [0.15, 0.2) is 77.7 Å². The summed E-state index contributed by atoms with van der Waals surface area (Å²) in [7, 11) is -2.37. The molecule has 0 unspecified atom stereocenters. The summed E-state index contributed by atoms with van der Waals surface area (Å²) in [5.74, 6) is -0.900. The SMILES string of the molecule is COc1ccc(C)cc1NC(=O)COC(=O)c1cccc(S(=O)(=O)NCc2ccccc2)c1. The third kappa shape index (κ3) is 6.64. The Morgan fingerprint density at radius 2 is 1.70 bits per heavy atom. The van der Waals surface area contributed by atoms with Gasteiger partial charge in [0.25, 0.3) is 5.91 Å². The number of methoxy groups -OCH3 is 1. The molecule has 0 saturated heterocycles. The summed E-state index contributed by atoms with van der Waals surface area (Å²) in [5, 5.41) is 2.63. The van der Waals surface area contributed by atoms with Crippen LogP contribution in [0.3, 0.4) is 0 Å². The molecule has 0 bridgehead atoms. The Morgan fingerprint density at radius 3 is 2.42 bits per heavy atom. The van der Waals surface area contributed by atoms with E-state index < -0.39 is 28.5 Å². The Hall–Kier alpha value is -3.69. The van der Waals surface area contributed by atoms with Gasteiger partial charge in [-0.1, -0.05) is 42.5 Å². The van der Waals surface area contributed by atoms with Gasteiger partial charge in [-0.15, -0.1) is 0 Å². The van der Waals surface area contributed by atoms with Crippen molar-refractivity contribution in [2.45, 2.75) is 18.4 Å². The second-order valence-electron chi connectivity index (χ2n) is 7.17. The van der Waals surface area contributed by atoms with Crippen LogP contribution in [0.4, 0.5) is 5.69 Å². The van der Waals surface area contributed by atoms with Crippen LogP contribution in [0, 0.1) is 6.92 Å². The van der Waals surface area contributed by atoms with Crippen molar-refractivity contribution in [1.29, 1.82) is 0 Å². The molecule has 0 spiro atoms. The molecule has 0 atom stereocenters. The smallest absolute Gasteiger partial charge is 0.338 e. The number of carbonyl (C=O) groups excluding carboxylic acids is 2. The molecule has 0 heterocycles. The number of carbonyl (C=O) groups is 2. The zero-order chi connectivity index (χ0) is 23.8. The van der Waals surface area contributed by atoms with E-state index in [1.165, 1.54) is 31.4 Å². The van der Waals surface area contributed by atoms with Crippen molar-refractivity contribution in [1.82, 2.24) is 4.72 Å². The summed E-state index contributed by atoms with van der Waals surface area (Å²) in [6, 6.07) is 19.8. The van der Waals surface area contributed by atoms with E-state index in [4.69, 9.17) is 9.47 Å². The van der Waals surface area contributed by atoms with Crippen LogP contribution in [0.1, 0.15) is 21.5 Å². The summed E-state index contributed by atoms with van der Waals surface area (Å²) < 4.78 is 38.0. The molecule has 3 rings (SSSR count). The fourth-order valence-electron chi connectivity index (χ4n) is 2.97. The second kappa shape index (κ2) is 10.8. The fraction of sp³-hybridized carbons (Fsp3) is 0.167. The quantitative estimate of drug-likeness (QED) is 0.467. The molecular formula is C24H24N2O6S. The van der Waals surface area contributed by atoms with Crippen LogP contribution in [0.2, 0.25) is 0 Å². The van der Waals surface area contributed by atoms with Gasteiger partial charge in [-0.25, -0.2) is 17.9 Å². The molecule has 0 aliphatic heterocycles. The number of ether oxygens (including phenoxy) is 2. The van der Waals surface area contributed by atoms with Crippen LogP contribution in [-0.2, 0) is 26.1 Å². The van der Waals surface area contributed by atoms with Crippen molar-refractivity contribution >= 4 is 27.6 Å². The van der Waals surface area contributed by atoms with Crippen LogP contribution in [0.25, 0.3) is 0 Å². The highest BCUT2D eigenvalue weighted by Gasteiger charge is 2.18. The second-order valence-corrected chi connectivity index (χ2v) is 8.93. The molecule has 8 nitrogen and oxygen atoms in total. The number of hydrogen-bond acceptors (Lipinski definition) is 6. The number of rotatable bonds is 9. The number of aryl methyl sites for hydroxylation is 1. The summed E-state index contributed by atoms with van der Waals surface area (Å²) in [6.07, 6.45) is 0. The third-order valence-electron chi connectivity index (χ3n) is 4.65. The van der Waals surface area contributed by atoms with Gasteiger partial charge in [0.2, 0.25) is 10.0 Å². The maximum absolute atomic E-state index is 12.6. The van der Waals surface area contributed by atoms with E-state index in [-0.39, 0.29) is 17.0 Å². The van der Waals surface area contributed by atoms with Crippen molar-refractivity contribution in [3.63, 3.8) is 0 Å². The largest absolute Gasteiger partial charge is 0.495 e. The zero-order valence-electron chi connectivity index (χ0n) is 18.2. The topological polar surface area (TPSA) is 111 Å². The van der Waals surface area contributed by atoms with Gasteiger partial charge in [-0.2, -0.15) is 0 Å². The highest BCUT2D eigenvalue weighted by molar-refractivity contribution is 7.89. The maximum atomic E-state index is 12.6. The third-order valence-corrected chi connectivity index (χ3v) is 6.05. The molecule has 33 heavy (non-hydrogen) atoms. The van der Waals surface area contributed by atoms with E-state index in [0.29, 0.717) is 11.4 Å². The lowest BCUT2D eigenvalue weighted by molar-refractivity contribution is -0.119. The molecule has 9 heteroatoms. The van der Waals surface area contributed by atoms with Gasteiger partial charge in [0.15, 0.2) is 6.61 Å². The van der Waals surface area contributed by atoms with Gasteiger partial charge in [0, 0.05) is 6.54 Å². The van der Waals surface area contributed by atoms with E-state index in [1.54, 1.807) is 24.3 Å². The van der Waals surface area contributed by atoms with Crippen LogP contribution >= 0.6 is 0 Å². The molecule has 0 aromatic heterocycles. The molecule has 172 valence electrons. The summed E-state index contributed by atoms with van der Waals surface area (Å²) >= 11 is 0. The molecule has 0 saturated carbocycles. The number of benzene rings is 3. The normalized spacial score (nSPS) is 11.0. The highest BCUT2D eigenvalue weighted by Crippen LogP contribution is 2.25. The minimum absolute atomic E-state index is 0.0125. The highest BCUT2D eigenvalue weighted by atomic mass is 32.2. The van der Waals surface area contributed by atoms with Crippen molar-refractivity contribution in [2.75, 3.05) is 19.0 Å². The van der Waals surface area contributed by atoms with Gasteiger partial charge in [0.1, 0.15) is 5.75 Å². The fourth-order valence-corrected chi connectivity index (χ4v) is 4.03. The van der Waals surface area contributed by atoms with E-state index in [1.807, 2.05) is 31.2 Å². The van der Waals surface area contributed by atoms with Crippen molar-refractivity contribution in [2.24, 2.45) is 0 Å². The van der Waals surface area contributed by atoms with E-state index >= 15 is 0 Å². The molecule has 1 amide bonds. The molecule has 0 radical (unpaired) electrons. The Labute approximate surface area is 192 Å². The number of anilines is 1. The monoisotopic (exact) mass is 468 g/mol. The molecule has 0 fully saturated rings. The van der Waals surface area contributed by atoms with Gasteiger partial charge in [-0.05, 0) is 48.4 Å². The maximum Gasteiger partial charge on any atom is 0.338 e. The van der Waals surface area contributed by atoms with Crippen molar-refractivity contribution in [3.8, 4) is 5.75 Å². The molecule has 0 aliphatic carbocycles. The van der Waals surface area contributed by atoms with E-state index in [0.717, 1.165) is 11.1 Å². The Balaban J connectivity index is 1.61. The first-order valence-corrected chi connectivity index (χ1v) is 11.5. The molecular weight excluding hydrogens is 444 g/mol. The summed E-state index contributed by atoms with van der Waals surface area (Å²) in [6.45, 7) is 1.43. The predicted octanol–water partition coefficient (Wildman–Crippen LogP) is 3.28. The molecule has 3 aromatic rings. The lowest BCUT2D eigenvalue weighted by Crippen LogP contribution is -2.24. The Bertz CT molecular complexity index is 1240. The van der Waals surface area contributed by atoms with E-state index in [9.17, 15) is 18.0 Å². The Morgan fingerprint density at radius 1 is 0.939 bits per heavy atom. The van der Waals surface area contributed by atoms with Gasteiger partial charge < -0.3 is 14.8 Å². The summed E-state index contributed by atoms with van der Waals surface area (Å²) in [5.41, 5.74) is 2.18. The molecule has 0 aliphatic rings. The number of esters is 1. The first-order valence-electron chi connectivity index (χ1n) is 10.0. The first kappa shape index (κ1) is 24.0. The average molecular weight is 469 g/mol. The minimum Gasteiger partial charge on any atom is -0.495 e. The van der Waals surface area contributed by atoms with E-state index in [2.05, 4.69) is 10.0 Å². The van der Waals surface area contributed by atoms with Crippen molar-refractivity contribution in [3.05, 3.63) is 89.5 Å². The van der Waals surface area contributed by atoms with Gasteiger partial charge in [-0.3, -0.25) is 4.79 Å². The zero-order valence-corrected chi connectivity index (χ0v) is 19.0. The lowest BCUT2D eigenvalue weighted by Gasteiger charge is -2.11. The average Bonchev–Trinajstić information content (AvgIpc) is 2.82. The molecule has 3 aromatic carbocycles. The predicted molar refractivity (Wildman–Crippen MR) is 124 cm³/mol. The van der Waals surface area contributed by atoms with Crippen LogP contribution in [-0.4, -0.2) is 34.0 Å². The number of nitrogens with one attached hydrogen (secondary N) is 2. The minimum atomic E-state index is -3.85. The summed E-state index contributed by atoms with van der Waals surface area (Å²) in [4.78, 5) is 24.5. The number of amides is 1. The number of hydrogen-bond donors (Lipinski definition) is 2. The van der Waals surface area contributed by atoms with Gasteiger partial charge >= 0.3 is 5.97 Å².